The summed E-state index contributed by atoms with van der Waals surface area (Å²) in [5.74, 6) is -0.903. The molecule has 0 atom stereocenters. The van der Waals surface area contributed by atoms with Crippen molar-refractivity contribution >= 4 is 11.9 Å². The summed E-state index contributed by atoms with van der Waals surface area (Å²) in [6.45, 7) is 4.54. The van der Waals surface area contributed by atoms with Gasteiger partial charge >= 0.3 is 11.9 Å². The number of hydrogen-bond acceptors (Lipinski definition) is 3. The lowest BCUT2D eigenvalue weighted by molar-refractivity contribution is -0.136. The average molecular weight is 294 g/mol. The number of carboxylic acid groups (broad SMARTS) is 2. The molecule has 0 aliphatic carbocycles. The van der Waals surface area contributed by atoms with Gasteiger partial charge in [0.05, 0.1) is 13.0 Å². The van der Waals surface area contributed by atoms with Gasteiger partial charge in [-0.15, -0.1) is 0 Å². The van der Waals surface area contributed by atoms with E-state index in [-0.39, 0.29) is 6.42 Å². The van der Waals surface area contributed by atoms with Crippen molar-refractivity contribution < 1.29 is 24.5 Å². The summed E-state index contributed by atoms with van der Waals surface area (Å²) in [6.07, 6.45) is 4.74. The summed E-state index contributed by atoms with van der Waals surface area (Å²) in [6, 6.07) is 7.09. The van der Waals surface area contributed by atoms with E-state index in [1.54, 1.807) is 30.3 Å². The zero-order chi connectivity index (χ0) is 16.1. The highest BCUT2D eigenvalue weighted by atomic mass is 16.5. The van der Waals surface area contributed by atoms with Crippen LogP contribution in [0.3, 0.4) is 0 Å². The Balaban J connectivity index is 0.000000433. The van der Waals surface area contributed by atoms with Gasteiger partial charge < -0.3 is 14.9 Å². The fourth-order valence-corrected chi connectivity index (χ4v) is 1.40. The number of ether oxygens (including phenoxy) is 1. The highest BCUT2D eigenvalue weighted by molar-refractivity contribution is 5.79. The normalized spacial score (nSPS) is 9.81. The van der Waals surface area contributed by atoms with Gasteiger partial charge in [0, 0.05) is 6.08 Å². The third-order valence-electron chi connectivity index (χ3n) is 2.31. The predicted octanol–water partition coefficient (Wildman–Crippen LogP) is 3.14. The van der Waals surface area contributed by atoms with Crippen LogP contribution in [0.15, 0.2) is 36.4 Å². The molecule has 0 unspecified atom stereocenters. The van der Waals surface area contributed by atoms with Gasteiger partial charge in [-0.1, -0.05) is 31.6 Å². The van der Waals surface area contributed by atoms with E-state index in [1.807, 2.05) is 13.8 Å². The Morgan fingerprint density at radius 1 is 1.14 bits per heavy atom. The second-order valence-corrected chi connectivity index (χ2v) is 4.18. The summed E-state index contributed by atoms with van der Waals surface area (Å²) < 4.78 is 5.22. The molecule has 1 rings (SSSR count). The van der Waals surface area contributed by atoms with Crippen LogP contribution >= 0.6 is 0 Å². The Kier molecular flexibility index (Phi) is 10.3. The van der Waals surface area contributed by atoms with Crippen molar-refractivity contribution in [3.63, 3.8) is 0 Å². The Bertz CT molecular complexity index is 448. The molecule has 1 aromatic rings. The summed E-state index contributed by atoms with van der Waals surface area (Å²) in [5.41, 5.74) is 0.788. The second-order valence-electron chi connectivity index (χ2n) is 4.18. The lowest BCUT2D eigenvalue weighted by Gasteiger charge is -2.02. The smallest absolute Gasteiger partial charge is 0.327 e. The molecule has 0 saturated heterocycles. The third kappa shape index (κ3) is 11.2. The lowest BCUT2D eigenvalue weighted by Crippen LogP contribution is -1.99. The molecule has 0 aliphatic rings. The van der Waals surface area contributed by atoms with Gasteiger partial charge in [-0.2, -0.15) is 0 Å². The average Bonchev–Trinajstić information content (AvgIpc) is 2.41. The number of allylic oxidation sites excluding steroid dienone is 1. The maximum Gasteiger partial charge on any atom is 0.327 e. The first-order chi connectivity index (χ1) is 9.99. The van der Waals surface area contributed by atoms with Crippen molar-refractivity contribution in [1.82, 2.24) is 0 Å². The molecule has 5 nitrogen and oxygen atoms in total. The van der Waals surface area contributed by atoms with Gasteiger partial charge in [0.15, 0.2) is 0 Å². The number of benzene rings is 1. The van der Waals surface area contributed by atoms with Crippen molar-refractivity contribution in [2.24, 2.45) is 0 Å². The van der Waals surface area contributed by atoms with Crippen LogP contribution < -0.4 is 4.74 Å². The van der Waals surface area contributed by atoms with E-state index in [2.05, 4.69) is 0 Å². The molecule has 0 radical (unpaired) electrons. The van der Waals surface area contributed by atoms with Crippen LogP contribution in [0.4, 0.5) is 0 Å². The Labute approximate surface area is 124 Å². The molecule has 116 valence electrons. The molecule has 0 aromatic heterocycles. The number of carbonyl (C=O) groups is 2. The van der Waals surface area contributed by atoms with Crippen molar-refractivity contribution in [3.8, 4) is 5.75 Å². The van der Waals surface area contributed by atoms with Gasteiger partial charge in [0.2, 0.25) is 0 Å². The fraction of sp³-hybridized carbons (Fsp3) is 0.375. The maximum atomic E-state index is 10.3. The SMILES string of the molecule is CCCC=CC(=O)O.CCOc1ccc(CC(=O)O)cc1. The highest BCUT2D eigenvalue weighted by Crippen LogP contribution is 2.12. The van der Waals surface area contributed by atoms with Crippen LogP contribution in [0.2, 0.25) is 0 Å². The number of unbranched alkanes of at least 4 members (excludes halogenated alkanes) is 1. The van der Waals surface area contributed by atoms with Crippen molar-refractivity contribution in [3.05, 3.63) is 42.0 Å². The van der Waals surface area contributed by atoms with Crippen LogP contribution in [0, 0.1) is 0 Å². The van der Waals surface area contributed by atoms with E-state index < -0.39 is 11.9 Å². The molecule has 21 heavy (non-hydrogen) atoms. The minimum atomic E-state index is -0.863. The third-order valence-corrected chi connectivity index (χ3v) is 2.31. The predicted molar refractivity (Wildman–Crippen MR) is 80.6 cm³/mol. The molecule has 5 heteroatoms. The maximum absolute atomic E-state index is 10.3. The highest BCUT2D eigenvalue weighted by Gasteiger charge is 1.99. The first-order valence-corrected chi connectivity index (χ1v) is 6.82. The molecular formula is C16H22O5. The van der Waals surface area contributed by atoms with Crippen molar-refractivity contribution in [1.29, 1.82) is 0 Å². The molecule has 0 aliphatic heterocycles. The summed E-state index contributed by atoms with van der Waals surface area (Å²) in [5, 5.41) is 16.6. The number of rotatable bonds is 7. The Hall–Kier alpha value is -2.30. The van der Waals surface area contributed by atoms with E-state index >= 15 is 0 Å². The van der Waals surface area contributed by atoms with Crippen molar-refractivity contribution in [2.45, 2.75) is 33.1 Å². The molecular weight excluding hydrogens is 272 g/mol. The largest absolute Gasteiger partial charge is 0.494 e. The monoisotopic (exact) mass is 294 g/mol. The molecule has 0 spiro atoms. The van der Waals surface area contributed by atoms with E-state index in [0.29, 0.717) is 6.61 Å². The van der Waals surface area contributed by atoms with E-state index in [9.17, 15) is 9.59 Å². The summed E-state index contributed by atoms with van der Waals surface area (Å²) in [7, 11) is 0. The van der Waals surface area contributed by atoms with Gasteiger partial charge in [-0.05, 0) is 31.0 Å². The first kappa shape index (κ1) is 18.7. The minimum Gasteiger partial charge on any atom is -0.494 e. The number of carboxylic acids is 2. The van der Waals surface area contributed by atoms with Gasteiger partial charge in [-0.25, -0.2) is 4.79 Å². The Morgan fingerprint density at radius 2 is 1.76 bits per heavy atom. The van der Waals surface area contributed by atoms with E-state index in [4.69, 9.17) is 14.9 Å². The molecule has 0 amide bonds. The summed E-state index contributed by atoms with van der Waals surface area (Å²) in [4.78, 5) is 20.1. The van der Waals surface area contributed by atoms with Crippen LogP contribution in [0.1, 0.15) is 32.3 Å². The van der Waals surface area contributed by atoms with Gasteiger partial charge in [0.25, 0.3) is 0 Å². The van der Waals surface area contributed by atoms with Crippen LogP contribution in [-0.2, 0) is 16.0 Å². The van der Waals surface area contributed by atoms with E-state index in [0.717, 1.165) is 24.2 Å². The van der Waals surface area contributed by atoms with Crippen LogP contribution in [-0.4, -0.2) is 28.8 Å². The topological polar surface area (TPSA) is 83.8 Å². The zero-order valence-corrected chi connectivity index (χ0v) is 12.4. The molecule has 2 N–H and O–H groups in total. The lowest BCUT2D eigenvalue weighted by atomic mass is 10.1. The molecule has 0 heterocycles. The number of hydrogen-bond donors (Lipinski definition) is 2. The number of aliphatic carboxylic acids is 2. The standard InChI is InChI=1S/C10H12O3.C6H10O2/c1-2-13-9-5-3-8(4-6-9)7-10(11)12;1-2-3-4-5-6(7)8/h3-6H,2,7H2,1H3,(H,11,12);4-5H,2-3H2,1H3,(H,7,8). The quantitative estimate of drug-likeness (QED) is 0.755. The molecule has 0 fully saturated rings. The van der Waals surface area contributed by atoms with E-state index in [1.165, 1.54) is 6.08 Å². The fourth-order valence-electron chi connectivity index (χ4n) is 1.40. The van der Waals surface area contributed by atoms with Gasteiger partial charge in [-0.3, -0.25) is 4.79 Å². The molecule has 0 saturated carbocycles. The van der Waals surface area contributed by atoms with Crippen molar-refractivity contribution in [2.75, 3.05) is 6.61 Å². The second kappa shape index (κ2) is 11.5. The van der Waals surface area contributed by atoms with Crippen LogP contribution in [0.5, 0.6) is 5.75 Å². The Morgan fingerprint density at radius 3 is 2.19 bits per heavy atom. The molecule has 1 aromatic carbocycles. The van der Waals surface area contributed by atoms with Crippen LogP contribution in [0.25, 0.3) is 0 Å². The molecule has 0 bridgehead atoms. The minimum absolute atomic E-state index is 0.0619. The first-order valence-electron chi connectivity index (χ1n) is 6.82. The van der Waals surface area contributed by atoms with Gasteiger partial charge in [0.1, 0.15) is 5.75 Å². The summed E-state index contributed by atoms with van der Waals surface area (Å²) >= 11 is 0. The zero-order valence-electron chi connectivity index (χ0n) is 12.4.